The van der Waals surface area contributed by atoms with Crippen molar-refractivity contribution >= 4 is 11.9 Å². The van der Waals surface area contributed by atoms with E-state index in [4.69, 9.17) is 10.2 Å². The summed E-state index contributed by atoms with van der Waals surface area (Å²) < 4.78 is 0. The molecule has 3 N–H and O–H groups in total. The molecule has 0 heterocycles. The van der Waals surface area contributed by atoms with Gasteiger partial charge < -0.3 is 15.5 Å². The smallest absolute Gasteiger partial charge is 0.328 e. The van der Waals surface area contributed by atoms with Crippen LogP contribution in [0.4, 0.5) is 0 Å². The number of nitrogens with one attached hydrogen (secondary N) is 1. The van der Waals surface area contributed by atoms with Crippen LogP contribution in [0.5, 0.6) is 0 Å². The number of aliphatic hydroxyl groups excluding tert-OH is 1. The molecule has 0 atom stereocenters. The number of carbonyl (C=O) groups is 2. The molecule has 0 bridgehead atoms. The number of unbranched alkanes of at least 4 members (excludes halogenated alkanes) is 9. The van der Waals surface area contributed by atoms with E-state index in [1.54, 1.807) is 0 Å². The molecule has 0 saturated carbocycles. The fraction of sp³-hybridized carbons (Fsp3) is 0.778. The number of carbonyl (C=O) groups excluding carboxylic acids is 1. The number of aliphatic carboxylic acids is 1. The van der Waals surface area contributed by atoms with E-state index in [9.17, 15) is 9.59 Å². The third kappa shape index (κ3) is 14.0. The van der Waals surface area contributed by atoms with Crippen molar-refractivity contribution in [2.75, 3.05) is 13.2 Å². The molecule has 0 aromatic rings. The van der Waals surface area contributed by atoms with Crippen LogP contribution in [-0.2, 0) is 9.59 Å². The fourth-order valence-corrected chi connectivity index (χ4v) is 2.49. The van der Waals surface area contributed by atoms with Gasteiger partial charge in [0, 0.05) is 18.2 Å². The Balaban J connectivity index is 3.79. The quantitative estimate of drug-likeness (QED) is 0.318. The number of carboxylic acid groups (broad SMARTS) is 1. The zero-order valence-electron chi connectivity index (χ0n) is 14.5. The van der Waals surface area contributed by atoms with E-state index in [1.165, 1.54) is 44.9 Å². The Hall–Kier alpha value is -1.36. The first kappa shape index (κ1) is 21.6. The first-order valence-electron chi connectivity index (χ1n) is 8.94. The van der Waals surface area contributed by atoms with Crippen LogP contribution in [-0.4, -0.2) is 35.2 Å². The topological polar surface area (TPSA) is 86.6 Å². The zero-order chi connectivity index (χ0) is 17.3. The number of aliphatic hydroxyl groups is 1. The van der Waals surface area contributed by atoms with Gasteiger partial charge in [0.2, 0.25) is 5.91 Å². The van der Waals surface area contributed by atoms with Crippen LogP contribution in [0, 0.1) is 0 Å². The highest BCUT2D eigenvalue weighted by Gasteiger charge is 2.10. The molecule has 0 fully saturated rings. The van der Waals surface area contributed by atoms with Crippen molar-refractivity contribution in [3.05, 3.63) is 11.6 Å². The van der Waals surface area contributed by atoms with Crippen LogP contribution in [0.25, 0.3) is 0 Å². The van der Waals surface area contributed by atoms with Crippen molar-refractivity contribution in [1.29, 1.82) is 0 Å². The second-order valence-electron chi connectivity index (χ2n) is 5.92. The zero-order valence-corrected chi connectivity index (χ0v) is 14.5. The number of rotatable bonds is 15. The fourth-order valence-electron chi connectivity index (χ4n) is 2.49. The van der Waals surface area contributed by atoms with E-state index in [0.717, 1.165) is 25.3 Å². The molecule has 0 aromatic carbocycles. The van der Waals surface area contributed by atoms with Crippen molar-refractivity contribution in [2.24, 2.45) is 0 Å². The van der Waals surface area contributed by atoms with Gasteiger partial charge in [0.05, 0.1) is 6.61 Å². The van der Waals surface area contributed by atoms with E-state index in [0.29, 0.717) is 6.42 Å². The Kier molecular flexibility index (Phi) is 14.6. The predicted octanol–water partition coefficient (Wildman–Crippen LogP) is 3.42. The lowest BCUT2D eigenvalue weighted by atomic mass is 10.0. The van der Waals surface area contributed by atoms with Crippen molar-refractivity contribution in [2.45, 2.75) is 77.6 Å². The molecule has 0 aliphatic heterocycles. The summed E-state index contributed by atoms with van der Waals surface area (Å²) >= 11 is 0. The number of hydrogen-bond acceptors (Lipinski definition) is 3. The average Bonchev–Trinajstić information content (AvgIpc) is 2.52. The molecular weight excluding hydrogens is 294 g/mol. The first-order valence-corrected chi connectivity index (χ1v) is 8.94. The van der Waals surface area contributed by atoms with Crippen LogP contribution in [0.15, 0.2) is 11.6 Å². The SMILES string of the molecule is CCCCCCCCCCCCC(=CC(=O)O)C(=O)NCCO. The van der Waals surface area contributed by atoms with Gasteiger partial charge in [-0.15, -0.1) is 0 Å². The normalized spacial score (nSPS) is 11.5. The van der Waals surface area contributed by atoms with Gasteiger partial charge in [0.15, 0.2) is 0 Å². The van der Waals surface area contributed by atoms with Gasteiger partial charge in [0.1, 0.15) is 0 Å². The average molecular weight is 327 g/mol. The highest BCUT2D eigenvalue weighted by Crippen LogP contribution is 2.14. The van der Waals surface area contributed by atoms with E-state index >= 15 is 0 Å². The van der Waals surface area contributed by atoms with Gasteiger partial charge in [0.25, 0.3) is 0 Å². The van der Waals surface area contributed by atoms with Gasteiger partial charge in [-0.25, -0.2) is 4.79 Å². The van der Waals surface area contributed by atoms with Gasteiger partial charge in [-0.2, -0.15) is 0 Å². The van der Waals surface area contributed by atoms with Crippen molar-refractivity contribution in [1.82, 2.24) is 5.32 Å². The summed E-state index contributed by atoms with van der Waals surface area (Å²) in [5.41, 5.74) is 0.283. The highest BCUT2D eigenvalue weighted by atomic mass is 16.4. The van der Waals surface area contributed by atoms with Crippen molar-refractivity contribution < 1.29 is 19.8 Å². The standard InChI is InChI=1S/C18H33NO4/c1-2-3-4-5-6-7-8-9-10-11-12-16(15-17(21)22)18(23)19-13-14-20/h15,20H,2-14H2,1H3,(H,19,23)(H,21,22). The lowest BCUT2D eigenvalue weighted by Crippen LogP contribution is -2.28. The Morgan fingerprint density at radius 3 is 1.91 bits per heavy atom. The maximum absolute atomic E-state index is 11.8. The van der Waals surface area contributed by atoms with Gasteiger partial charge in [-0.3, -0.25) is 4.79 Å². The second kappa shape index (κ2) is 15.5. The summed E-state index contributed by atoms with van der Waals surface area (Å²) in [6.45, 7) is 2.22. The molecule has 0 aromatic heterocycles. The summed E-state index contributed by atoms with van der Waals surface area (Å²) in [6, 6.07) is 0. The third-order valence-electron chi connectivity index (χ3n) is 3.79. The first-order chi connectivity index (χ1) is 11.1. The molecule has 0 aliphatic rings. The molecule has 134 valence electrons. The van der Waals surface area contributed by atoms with Crippen molar-refractivity contribution in [3.8, 4) is 0 Å². The summed E-state index contributed by atoms with van der Waals surface area (Å²) in [6.07, 6.45) is 13.4. The summed E-state index contributed by atoms with van der Waals surface area (Å²) in [4.78, 5) is 22.5. The Labute approximate surface area is 140 Å². The van der Waals surface area contributed by atoms with Gasteiger partial charge >= 0.3 is 5.97 Å². The Morgan fingerprint density at radius 1 is 0.913 bits per heavy atom. The molecule has 5 heteroatoms. The van der Waals surface area contributed by atoms with Crippen molar-refractivity contribution in [3.63, 3.8) is 0 Å². The van der Waals surface area contributed by atoms with Crippen LogP contribution in [0.1, 0.15) is 77.6 Å². The summed E-state index contributed by atoms with van der Waals surface area (Å²) in [5.74, 6) is -1.50. The second-order valence-corrected chi connectivity index (χ2v) is 5.92. The maximum atomic E-state index is 11.8. The predicted molar refractivity (Wildman–Crippen MR) is 92.3 cm³/mol. The minimum atomic E-state index is -1.11. The molecular formula is C18H33NO4. The molecule has 0 radical (unpaired) electrons. The monoisotopic (exact) mass is 327 g/mol. The van der Waals surface area contributed by atoms with Crippen LogP contribution < -0.4 is 5.32 Å². The molecule has 0 unspecified atom stereocenters. The third-order valence-corrected chi connectivity index (χ3v) is 3.79. The minimum absolute atomic E-state index is 0.147. The lowest BCUT2D eigenvalue weighted by Gasteiger charge is -2.07. The Morgan fingerprint density at radius 2 is 1.43 bits per heavy atom. The molecule has 5 nitrogen and oxygen atoms in total. The van der Waals surface area contributed by atoms with E-state index in [-0.39, 0.29) is 18.7 Å². The number of carboxylic acids is 1. The molecule has 23 heavy (non-hydrogen) atoms. The molecule has 0 rings (SSSR count). The number of amides is 1. The maximum Gasteiger partial charge on any atom is 0.328 e. The van der Waals surface area contributed by atoms with E-state index < -0.39 is 11.9 Å². The van der Waals surface area contributed by atoms with Gasteiger partial charge in [-0.05, 0) is 12.8 Å². The molecule has 1 amide bonds. The minimum Gasteiger partial charge on any atom is -0.478 e. The molecule has 0 aliphatic carbocycles. The Bertz CT molecular complexity index is 353. The van der Waals surface area contributed by atoms with E-state index in [2.05, 4.69) is 12.2 Å². The summed E-state index contributed by atoms with van der Waals surface area (Å²) in [7, 11) is 0. The van der Waals surface area contributed by atoms with E-state index in [1.807, 2.05) is 0 Å². The lowest BCUT2D eigenvalue weighted by molar-refractivity contribution is -0.132. The summed E-state index contributed by atoms with van der Waals surface area (Å²) in [5, 5.41) is 20.0. The largest absolute Gasteiger partial charge is 0.478 e. The van der Waals surface area contributed by atoms with Crippen LogP contribution in [0.2, 0.25) is 0 Å². The van der Waals surface area contributed by atoms with Crippen LogP contribution in [0.3, 0.4) is 0 Å². The van der Waals surface area contributed by atoms with Gasteiger partial charge in [-0.1, -0.05) is 64.7 Å². The highest BCUT2D eigenvalue weighted by molar-refractivity contribution is 5.98. The molecule has 0 saturated heterocycles. The van der Waals surface area contributed by atoms with Crippen LogP contribution >= 0.6 is 0 Å². The molecule has 0 spiro atoms. The number of hydrogen-bond donors (Lipinski definition) is 3.